The van der Waals surface area contributed by atoms with Crippen LogP contribution < -0.4 is 31.1 Å². The van der Waals surface area contributed by atoms with E-state index in [1.807, 2.05) is 0 Å². The van der Waals surface area contributed by atoms with Gasteiger partial charge in [-0.1, -0.05) is 38.5 Å². The summed E-state index contributed by atoms with van der Waals surface area (Å²) >= 11 is 0. The molecule has 0 fully saturated rings. The Hall–Kier alpha value is -6.71. The summed E-state index contributed by atoms with van der Waals surface area (Å²) in [7, 11) is -4.90. The molecule has 4 amide bonds. The molecule has 340 valence electrons. The number of phosphoric acid groups is 1. The van der Waals surface area contributed by atoms with Crippen LogP contribution in [0, 0.1) is 5.92 Å². The first-order chi connectivity index (χ1) is 29.0. The third kappa shape index (κ3) is 18.7. The lowest BCUT2D eigenvalue weighted by Gasteiger charge is -2.28. The number of carboxylic acid groups (broad SMARTS) is 4. The smallest absolute Gasteiger partial charge is 0.504 e. The van der Waals surface area contributed by atoms with Crippen molar-refractivity contribution in [3.63, 3.8) is 0 Å². The Balaban J connectivity index is 2.44. The quantitative estimate of drug-likeness (QED) is 0.0426. The Kier molecular flexibility index (Phi) is 20.3. The summed E-state index contributed by atoms with van der Waals surface area (Å²) in [5, 5.41) is 69.0. The van der Waals surface area contributed by atoms with Crippen molar-refractivity contribution in [3.8, 4) is 17.2 Å². The molecule has 0 aromatic heterocycles. The van der Waals surface area contributed by atoms with Crippen molar-refractivity contribution in [2.45, 2.75) is 95.4 Å². The average Bonchev–Trinajstić information content (AvgIpc) is 3.18. The van der Waals surface area contributed by atoms with Crippen molar-refractivity contribution in [1.29, 1.82) is 0 Å². The SMILES string of the molecule is CC[C@H](C)[C@H](NC(=O)[C@H](CCC(=O)O)NC(=O)[C@H](CCC(=O)O)NC(=O)[C@H](Cc1ccc(OP(=O)(O)O)cc1)N/C=C/c1ccc(O)c(O)c1)C(=O)N[C@@H](CCC(=O)O)C(=O)O. The van der Waals surface area contributed by atoms with E-state index in [9.17, 15) is 68.5 Å². The number of aliphatic carboxylic acids is 4. The number of phenols is 2. The maximum atomic E-state index is 13.9. The Labute approximate surface area is 353 Å². The molecule has 2 aromatic carbocycles. The monoisotopic (exact) mass is 895 g/mol. The van der Waals surface area contributed by atoms with Crippen LogP contribution in [0.5, 0.6) is 17.2 Å². The molecule has 0 aliphatic carbocycles. The predicted molar refractivity (Wildman–Crippen MR) is 214 cm³/mol. The molecule has 0 aliphatic rings. The zero-order valence-electron chi connectivity index (χ0n) is 33.4. The minimum absolute atomic E-state index is 0.178. The first-order valence-corrected chi connectivity index (χ1v) is 20.4. The van der Waals surface area contributed by atoms with E-state index in [1.54, 1.807) is 6.92 Å². The molecule has 62 heavy (non-hydrogen) atoms. The summed E-state index contributed by atoms with van der Waals surface area (Å²) in [5.41, 5.74) is 0.753. The lowest BCUT2D eigenvalue weighted by atomic mass is 9.96. The minimum Gasteiger partial charge on any atom is -0.504 e. The molecule has 6 atom stereocenters. The summed E-state index contributed by atoms with van der Waals surface area (Å²) in [6.07, 6.45) is -0.840. The largest absolute Gasteiger partial charge is 0.524 e. The van der Waals surface area contributed by atoms with Gasteiger partial charge in [-0.25, -0.2) is 9.36 Å². The molecule has 24 heteroatoms. The summed E-state index contributed by atoms with van der Waals surface area (Å²) in [6.45, 7) is 3.17. The third-order valence-corrected chi connectivity index (χ3v) is 9.54. The van der Waals surface area contributed by atoms with E-state index < -0.39 is 141 Å². The second kappa shape index (κ2) is 24.5. The maximum Gasteiger partial charge on any atom is 0.524 e. The van der Waals surface area contributed by atoms with Crippen molar-refractivity contribution >= 4 is 61.4 Å². The van der Waals surface area contributed by atoms with Gasteiger partial charge in [0, 0.05) is 25.7 Å². The number of phenolic OH excluding ortho intramolecular Hbond substituents is 2. The molecule has 13 N–H and O–H groups in total. The van der Waals surface area contributed by atoms with E-state index in [2.05, 4.69) is 31.1 Å². The van der Waals surface area contributed by atoms with Gasteiger partial charge in [0.2, 0.25) is 23.6 Å². The number of benzene rings is 2. The number of amides is 4. The third-order valence-electron chi connectivity index (χ3n) is 9.09. The van der Waals surface area contributed by atoms with Gasteiger partial charge in [-0.3, -0.25) is 43.3 Å². The Morgan fingerprint density at radius 3 is 1.61 bits per heavy atom. The van der Waals surface area contributed by atoms with E-state index in [-0.39, 0.29) is 18.6 Å². The van der Waals surface area contributed by atoms with Gasteiger partial charge in [-0.05, 0) is 72.8 Å². The molecule has 0 spiro atoms. The van der Waals surface area contributed by atoms with Gasteiger partial charge in [0.15, 0.2) is 11.5 Å². The molecule has 2 aromatic rings. The van der Waals surface area contributed by atoms with E-state index in [0.717, 1.165) is 0 Å². The number of carboxylic acids is 4. The van der Waals surface area contributed by atoms with E-state index in [1.165, 1.54) is 61.7 Å². The number of rotatable bonds is 27. The highest BCUT2D eigenvalue weighted by molar-refractivity contribution is 7.46. The fourth-order valence-corrected chi connectivity index (χ4v) is 5.95. The molecule has 0 bridgehead atoms. The highest BCUT2D eigenvalue weighted by Crippen LogP contribution is 2.37. The molecule has 0 radical (unpaired) electrons. The summed E-state index contributed by atoms with van der Waals surface area (Å²) in [5.74, 6) is -11.5. The highest BCUT2D eigenvalue weighted by atomic mass is 31.2. The van der Waals surface area contributed by atoms with E-state index >= 15 is 0 Å². The van der Waals surface area contributed by atoms with E-state index in [0.29, 0.717) is 11.1 Å². The highest BCUT2D eigenvalue weighted by Gasteiger charge is 2.34. The van der Waals surface area contributed by atoms with Crippen molar-refractivity contribution in [1.82, 2.24) is 26.6 Å². The van der Waals surface area contributed by atoms with Gasteiger partial charge in [0.25, 0.3) is 0 Å². The molecule has 2 rings (SSSR count). The number of carbonyl (C=O) groups is 8. The molecule has 0 saturated carbocycles. The summed E-state index contributed by atoms with van der Waals surface area (Å²) in [6, 6.07) is 1.22. The normalized spacial score (nSPS) is 14.2. The van der Waals surface area contributed by atoms with Gasteiger partial charge < -0.3 is 61.7 Å². The zero-order valence-corrected chi connectivity index (χ0v) is 34.3. The van der Waals surface area contributed by atoms with Crippen molar-refractivity contribution in [2.75, 3.05) is 0 Å². The van der Waals surface area contributed by atoms with Crippen LogP contribution in [-0.2, 0) is 49.3 Å². The van der Waals surface area contributed by atoms with Crippen LogP contribution in [0.15, 0.2) is 48.7 Å². The molecule has 0 aliphatic heterocycles. The Bertz CT molecular complexity index is 2010. The zero-order chi connectivity index (χ0) is 46.7. The molecule has 0 saturated heterocycles. The first-order valence-electron chi connectivity index (χ1n) is 18.9. The van der Waals surface area contributed by atoms with Crippen LogP contribution in [0.3, 0.4) is 0 Å². The number of nitrogens with one attached hydrogen (secondary N) is 5. The van der Waals surface area contributed by atoms with Crippen LogP contribution in [0.4, 0.5) is 0 Å². The van der Waals surface area contributed by atoms with Crippen LogP contribution >= 0.6 is 7.82 Å². The van der Waals surface area contributed by atoms with Crippen molar-refractivity contribution in [2.24, 2.45) is 5.92 Å². The minimum atomic E-state index is -4.90. The fourth-order valence-electron chi connectivity index (χ4n) is 5.55. The number of phosphoric ester groups is 1. The molecular weight excluding hydrogens is 845 g/mol. The van der Waals surface area contributed by atoms with Crippen molar-refractivity contribution < 1.29 is 87.9 Å². The van der Waals surface area contributed by atoms with Gasteiger partial charge in [-0.15, -0.1) is 0 Å². The molecular formula is C38H50N5O18P. The number of hydrogen-bond acceptors (Lipinski definition) is 13. The lowest BCUT2D eigenvalue weighted by molar-refractivity contribution is -0.144. The molecule has 0 heterocycles. The van der Waals surface area contributed by atoms with Crippen LogP contribution in [0.2, 0.25) is 0 Å². The molecule has 0 unspecified atom stereocenters. The molecule has 23 nitrogen and oxygen atoms in total. The van der Waals surface area contributed by atoms with Gasteiger partial charge in [0.1, 0.15) is 36.0 Å². The predicted octanol–water partition coefficient (Wildman–Crippen LogP) is 0.405. The second-order valence-corrected chi connectivity index (χ2v) is 15.1. The van der Waals surface area contributed by atoms with E-state index in [4.69, 9.17) is 14.9 Å². The standard InChI is InChI=1S/C38H50N5O18P/c1-3-20(2)33(37(55)42-26(38(56)57)11-15-32(50)51)43-35(53)25(10-14-31(48)49)40-34(52)24(9-13-30(46)47)41-36(54)27(39-17-16-22-6-12-28(44)29(45)19-22)18-21-4-7-23(8-5-21)61-62(58,59)60/h4-8,12,16-17,19-20,24-27,33,39,44-45H,3,9-11,13-15,18H2,1-2H3,(H,40,52)(H,41,54)(H,42,55)(H,43,53)(H,46,47)(H,48,49)(H,50,51)(H,56,57)(H2,58,59,60)/b17-16+/t20-,24-,25-,26-,27-,33-/m0/s1. The summed E-state index contributed by atoms with van der Waals surface area (Å²) < 4.78 is 15.8. The van der Waals surface area contributed by atoms with Crippen molar-refractivity contribution in [3.05, 3.63) is 59.8 Å². The lowest BCUT2D eigenvalue weighted by Crippen LogP contribution is -2.59. The summed E-state index contributed by atoms with van der Waals surface area (Å²) in [4.78, 5) is 119. The van der Waals surface area contributed by atoms with Gasteiger partial charge >= 0.3 is 31.7 Å². The van der Waals surface area contributed by atoms with Crippen LogP contribution in [0.25, 0.3) is 6.08 Å². The first kappa shape index (κ1) is 51.4. The number of aromatic hydroxyl groups is 2. The number of carbonyl (C=O) groups excluding carboxylic acids is 4. The van der Waals surface area contributed by atoms with Gasteiger partial charge in [-0.2, -0.15) is 0 Å². The second-order valence-electron chi connectivity index (χ2n) is 13.9. The average molecular weight is 896 g/mol. The Morgan fingerprint density at radius 1 is 0.661 bits per heavy atom. The Morgan fingerprint density at radius 2 is 1.15 bits per heavy atom. The number of hydrogen-bond donors (Lipinski definition) is 13. The topological polar surface area (TPSA) is 385 Å². The maximum absolute atomic E-state index is 13.9. The van der Waals surface area contributed by atoms with Crippen LogP contribution in [0.1, 0.15) is 69.9 Å². The van der Waals surface area contributed by atoms with Gasteiger partial charge in [0.05, 0.1) is 0 Å². The van der Waals surface area contributed by atoms with Crippen LogP contribution in [-0.4, -0.2) is 118 Å². The fraction of sp³-hybridized carbons (Fsp3) is 0.421.